The molecule has 4 bridgehead atoms. The van der Waals surface area contributed by atoms with E-state index in [0.29, 0.717) is 24.2 Å². The van der Waals surface area contributed by atoms with Gasteiger partial charge in [-0.1, -0.05) is 26.3 Å². The fourth-order valence-corrected chi connectivity index (χ4v) is 9.90. The van der Waals surface area contributed by atoms with E-state index in [1.807, 2.05) is 19.1 Å². The topological polar surface area (TPSA) is 71.4 Å². The second-order valence-electron chi connectivity index (χ2n) is 13.2. The number of benzene rings is 1. The summed E-state index contributed by atoms with van der Waals surface area (Å²) in [6, 6.07) is 5.63. The zero-order valence-corrected chi connectivity index (χ0v) is 20.7. The fourth-order valence-electron chi connectivity index (χ4n) is 9.90. The maximum atomic E-state index is 13.8. The highest BCUT2D eigenvalue weighted by Gasteiger charge is 2.58. The highest BCUT2D eigenvalue weighted by Crippen LogP contribution is 2.61. The molecule has 0 aliphatic heterocycles. The Morgan fingerprint density at radius 2 is 1.62 bits per heavy atom. The molecule has 3 atom stereocenters. The zero-order valence-electron chi connectivity index (χ0n) is 20.7. The minimum absolute atomic E-state index is 0.0501. The molecule has 1 aromatic carbocycles. The lowest BCUT2D eigenvalue weighted by molar-refractivity contribution is -0.153. The highest BCUT2D eigenvalue weighted by atomic mass is 16.3. The van der Waals surface area contributed by atoms with Crippen molar-refractivity contribution in [2.75, 3.05) is 0 Å². The smallest absolute Gasteiger partial charge is 0.206 e. The molecule has 5 fully saturated rings. The average molecular weight is 463 g/mol. The molecule has 0 heterocycles. The molecule has 182 valence electrons. The summed E-state index contributed by atoms with van der Waals surface area (Å²) in [7, 11) is 0. The maximum Gasteiger partial charge on any atom is 0.206 e. The number of hydrogen-bond acceptors (Lipinski definition) is 4. The van der Waals surface area contributed by atoms with Crippen LogP contribution in [0.15, 0.2) is 18.2 Å². The molecule has 0 unspecified atom stereocenters. The SMILES string of the molecule is C[C@]1(C(=O)C(=O)CC(=O)C23CC4CC(CC(C4)C2)C3)CCC[C@]2(C)c3cc(O)ccc3CC[C@@H]12. The Labute approximate surface area is 202 Å². The molecule has 5 saturated carbocycles. The van der Waals surface area contributed by atoms with E-state index >= 15 is 0 Å². The number of rotatable bonds is 5. The van der Waals surface area contributed by atoms with Gasteiger partial charge in [0.1, 0.15) is 11.5 Å². The Kier molecular flexibility index (Phi) is 4.97. The van der Waals surface area contributed by atoms with Crippen molar-refractivity contribution in [3.63, 3.8) is 0 Å². The van der Waals surface area contributed by atoms with Gasteiger partial charge in [-0.3, -0.25) is 14.4 Å². The van der Waals surface area contributed by atoms with Gasteiger partial charge in [-0.25, -0.2) is 0 Å². The molecule has 1 N–H and O–H groups in total. The Hall–Kier alpha value is -1.97. The minimum Gasteiger partial charge on any atom is -0.508 e. The second-order valence-corrected chi connectivity index (χ2v) is 13.2. The number of ketones is 3. The molecule has 0 saturated heterocycles. The Bertz CT molecular complexity index is 1030. The van der Waals surface area contributed by atoms with Gasteiger partial charge in [-0.2, -0.15) is 0 Å². The first kappa shape index (κ1) is 22.5. The van der Waals surface area contributed by atoms with E-state index in [1.165, 1.54) is 24.8 Å². The molecule has 0 radical (unpaired) electrons. The van der Waals surface area contributed by atoms with E-state index in [2.05, 4.69) is 6.92 Å². The molecule has 7 rings (SSSR count). The third kappa shape index (κ3) is 3.19. The molecule has 4 heteroatoms. The zero-order chi connectivity index (χ0) is 23.9. The van der Waals surface area contributed by atoms with Crippen LogP contribution in [-0.4, -0.2) is 22.5 Å². The third-order valence-electron chi connectivity index (χ3n) is 11.1. The second kappa shape index (κ2) is 7.51. The van der Waals surface area contributed by atoms with E-state index in [9.17, 15) is 19.5 Å². The first-order chi connectivity index (χ1) is 16.1. The maximum absolute atomic E-state index is 13.8. The minimum atomic E-state index is -0.741. The van der Waals surface area contributed by atoms with Crippen LogP contribution >= 0.6 is 0 Å². The predicted molar refractivity (Wildman–Crippen MR) is 129 cm³/mol. The van der Waals surface area contributed by atoms with Gasteiger partial charge in [0.2, 0.25) is 11.6 Å². The fraction of sp³-hybridized carbons (Fsp3) is 0.700. The Morgan fingerprint density at radius 3 is 2.26 bits per heavy atom. The van der Waals surface area contributed by atoms with Crippen LogP contribution in [0.2, 0.25) is 0 Å². The number of Topliss-reactive ketones (excluding diaryl/α,β-unsaturated/α-hetero) is 3. The molecule has 6 aliphatic rings. The summed E-state index contributed by atoms with van der Waals surface area (Å²) in [6.07, 6.45) is 10.7. The van der Waals surface area contributed by atoms with E-state index in [1.54, 1.807) is 6.07 Å². The highest BCUT2D eigenvalue weighted by molar-refractivity contribution is 6.42. The summed E-state index contributed by atoms with van der Waals surface area (Å²) in [5.41, 5.74) is 1.08. The molecule has 34 heavy (non-hydrogen) atoms. The number of fused-ring (bicyclic) bond motifs is 3. The molecular weight excluding hydrogens is 424 g/mol. The van der Waals surface area contributed by atoms with Crippen molar-refractivity contribution in [3.8, 4) is 5.75 Å². The average Bonchev–Trinajstić information content (AvgIpc) is 2.78. The number of phenols is 1. The summed E-state index contributed by atoms with van der Waals surface area (Å²) in [6.45, 7) is 4.20. The van der Waals surface area contributed by atoms with E-state index < -0.39 is 11.2 Å². The van der Waals surface area contributed by atoms with Crippen LogP contribution in [0.3, 0.4) is 0 Å². The lowest BCUT2D eigenvalue weighted by atomic mass is 9.47. The van der Waals surface area contributed by atoms with Crippen molar-refractivity contribution in [2.45, 2.75) is 96.3 Å². The summed E-state index contributed by atoms with van der Waals surface area (Å²) in [5.74, 6) is 1.56. The normalized spacial score (nSPS) is 42.1. The summed E-state index contributed by atoms with van der Waals surface area (Å²) < 4.78 is 0. The number of aromatic hydroxyl groups is 1. The quantitative estimate of drug-likeness (QED) is 0.449. The van der Waals surface area contributed by atoms with Crippen molar-refractivity contribution in [2.24, 2.45) is 34.5 Å². The van der Waals surface area contributed by atoms with Crippen molar-refractivity contribution < 1.29 is 19.5 Å². The van der Waals surface area contributed by atoms with E-state index in [0.717, 1.165) is 50.5 Å². The van der Waals surface area contributed by atoms with Crippen LogP contribution in [0.4, 0.5) is 0 Å². The van der Waals surface area contributed by atoms with Gasteiger partial charge in [-0.05, 0) is 117 Å². The van der Waals surface area contributed by atoms with Gasteiger partial charge in [0.15, 0.2) is 0 Å². The Morgan fingerprint density at radius 1 is 0.971 bits per heavy atom. The number of carbonyl (C=O) groups excluding carboxylic acids is 3. The number of phenolic OH excluding ortho intramolecular Hbond substituents is 1. The summed E-state index contributed by atoms with van der Waals surface area (Å²) in [5, 5.41) is 10.2. The third-order valence-corrected chi connectivity index (χ3v) is 11.1. The molecule has 0 spiro atoms. The van der Waals surface area contributed by atoms with Gasteiger partial charge in [0.05, 0.1) is 6.42 Å². The molecular formula is C30H38O4. The lowest BCUT2D eigenvalue weighted by Gasteiger charge is -2.56. The predicted octanol–water partition coefficient (Wildman–Crippen LogP) is 5.72. The molecule has 4 nitrogen and oxygen atoms in total. The van der Waals surface area contributed by atoms with Gasteiger partial charge in [0.25, 0.3) is 0 Å². The summed E-state index contributed by atoms with van der Waals surface area (Å²) in [4.78, 5) is 40.8. The van der Waals surface area contributed by atoms with Crippen LogP contribution in [0.25, 0.3) is 0 Å². The van der Waals surface area contributed by atoms with E-state index in [4.69, 9.17) is 0 Å². The van der Waals surface area contributed by atoms with Crippen LogP contribution in [0.1, 0.15) is 95.6 Å². The molecule has 0 amide bonds. The van der Waals surface area contributed by atoms with E-state index in [-0.39, 0.29) is 40.5 Å². The van der Waals surface area contributed by atoms with Crippen LogP contribution in [0, 0.1) is 34.5 Å². The lowest BCUT2D eigenvalue weighted by Crippen LogP contribution is -2.54. The monoisotopic (exact) mass is 462 g/mol. The standard InChI is InChI=1S/C30H38O4/c1-28-8-3-9-29(2,25(28)7-5-21-4-6-22(31)13-23(21)28)27(34)24(32)14-26(33)30-15-18-10-19(16-30)12-20(11-18)17-30/h4,6,13,18-20,25,31H,3,5,7-12,14-17H2,1-2H3/t18?,19?,20?,25-,28-,29+,30?/m1/s1. The Balaban J connectivity index is 1.24. The molecule has 6 aliphatic carbocycles. The molecule has 1 aromatic rings. The largest absolute Gasteiger partial charge is 0.508 e. The van der Waals surface area contributed by atoms with Gasteiger partial charge in [0, 0.05) is 10.8 Å². The van der Waals surface area contributed by atoms with Crippen LogP contribution in [0.5, 0.6) is 5.75 Å². The van der Waals surface area contributed by atoms with Crippen molar-refractivity contribution >= 4 is 17.3 Å². The number of carbonyl (C=O) groups is 3. The van der Waals surface area contributed by atoms with Gasteiger partial charge >= 0.3 is 0 Å². The van der Waals surface area contributed by atoms with Crippen LogP contribution in [-0.2, 0) is 26.2 Å². The first-order valence-corrected chi connectivity index (χ1v) is 13.6. The number of aryl methyl sites for hydroxylation is 1. The van der Waals surface area contributed by atoms with Crippen molar-refractivity contribution in [1.29, 1.82) is 0 Å². The van der Waals surface area contributed by atoms with Gasteiger partial charge < -0.3 is 5.11 Å². The molecule has 0 aromatic heterocycles. The van der Waals surface area contributed by atoms with Crippen LogP contribution < -0.4 is 0 Å². The summed E-state index contributed by atoms with van der Waals surface area (Å²) >= 11 is 0. The number of hydrogen-bond donors (Lipinski definition) is 1. The van der Waals surface area contributed by atoms with Gasteiger partial charge in [-0.15, -0.1) is 0 Å². The van der Waals surface area contributed by atoms with Crippen molar-refractivity contribution in [3.05, 3.63) is 29.3 Å². The first-order valence-electron chi connectivity index (χ1n) is 13.6. The van der Waals surface area contributed by atoms with Crippen molar-refractivity contribution in [1.82, 2.24) is 0 Å².